The van der Waals surface area contributed by atoms with E-state index in [1.54, 1.807) is 0 Å². The second-order valence-corrected chi connectivity index (χ2v) is 4.02. The Balaban J connectivity index is 3.23. The number of alkyl halides is 6. The third kappa shape index (κ3) is 3.75. The van der Waals surface area contributed by atoms with Crippen molar-refractivity contribution >= 4 is 0 Å². The molecule has 0 aliphatic rings. The molecule has 9 heteroatoms. The molecule has 1 rings (SSSR count). The van der Waals surface area contributed by atoms with Crippen molar-refractivity contribution in [1.29, 1.82) is 0 Å². The minimum absolute atomic E-state index is 0.550. The topological polar surface area (TPSA) is 35.2 Å². The molecule has 0 aromatic heterocycles. The monoisotopic (exact) mass is 305 g/mol. The van der Waals surface area contributed by atoms with Gasteiger partial charge < -0.3 is 10.5 Å². The van der Waals surface area contributed by atoms with Crippen LogP contribution in [0, 0.1) is 5.82 Å². The highest BCUT2D eigenvalue weighted by Crippen LogP contribution is 2.38. The summed E-state index contributed by atoms with van der Waals surface area (Å²) < 4.78 is 91.6. The molecule has 0 aliphatic carbocycles. The molecule has 0 saturated heterocycles. The zero-order chi connectivity index (χ0) is 15.7. The Kier molecular flexibility index (Phi) is 4.52. The predicted octanol–water partition coefficient (Wildman–Crippen LogP) is 3.72. The highest BCUT2D eigenvalue weighted by Gasteiger charge is 2.59. The maximum atomic E-state index is 13.4. The third-order valence-corrected chi connectivity index (χ3v) is 2.31. The van der Waals surface area contributed by atoms with E-state index in [-0.39, 0.29) is 0 Å². The van der Waals surface area contributed by atoms with Gasteiger partial charge in [-0.25, -0.2) is 4.39 Å². The van der Waals surface area contributed by atoms with Crippen LogP contribution in [0.4, 0.5) is 30.7 Å². The van der Waals surface area contributed by atoms with Crippen LogP contribution in [0.5, 0.6) is 5.75 Å². The van der Waals surface area contributed by atoms with Crippen molar-refractivity contribution in [3.8, 4) is 5.75 Å². The van der Waals surface area contributed by atoms with Gasteiger partial charge in [-0.15, -0.1) is 0 Å². The summed E-state index contributed by atoms with van der Waals surface area (Å²) in [7, 11) is 0. The number of hydrogen-bond acceptors (Lipinski definition) is 2. The molecular weight excluding hydrogens is 295 g/mol. The maximum absolute atomic E-state index is 13.4. The van der Waals surface area contributed by atoms with Gasteiger partial charge in [0, 0.05) is 11.6 Å². The molecule has 0 aliphatic heterocycles. The SMILES string of the molecule is C[C@@H](N)c1c(F)cccc1OC(C(F)(F)F)C(F)(F)F. The molecule has 0 fully saturated rings. The molecule has 1 aromatic rings. The quantitative estimate of drug-likeness (QED) is 0.864. The predicted molar refractivity (Wildman–Crippen MR) is 55.5 cm³/mol. The van der Waals surface area contributed by atoms with Crippen LogP contribution in [0.1, 0.15) is 18.5 Å². The first-order valence-electron chi connectivity index (χ1n) is 5.28. The number of benzene rings is 1. The van der Waals surface area contributed by atoms with Gasteiger partial charge in [0.05, 0.1) is 0 Å². The number of rotatable bonds is 3. The number of ether oxygens (including phenoxy) is 1. The van der Waals surface area contributed by atoms with Gasteiger partial charge in [0.25, 0.3) is 6.10 Å². The summed E-state index contributed by atoms with van der Waals surface area (Å²) in [5, 5.41) is 0. The van der Waals surface area contributed by atoms with Crippen LogP contribution in [0.3, 0.4) is 0 Å². The molecular formula is C11H10F7NO. The average molecular weight is 305 g/mol. The second-order valence-electron chi connectivity index (χ2n) is 4.02. The number of hydrogen-bond donors (Lipinski definition) is 1. The van der Waals surface area contributed by atoms with Gasteiger partial charge in [0.2, 0.25) is 0 Å². The van der Waals surface area contributed by atoms with Gasteiger partial charge in [-0.05, 0) is 19.1 Å². The van der Waals surface area contributed by atoms with Crippen LogP contribution < -0.4 is 10.5 Å². The summed E-state index contributed by atoms with van der Waals surface area (Å²) in [6.07, 6.45) is -15.4. The van der Waals surface area contributed by atoms with Crippen molar-refractivity contribution < 1.29 is 35.5 Å². The van der Waals surface area contributed by atoms with Crippen molar-refractivity contribution in [1.82, 2.24) is 0 Å². The summed E-state index contributed by atoms with van der Waals surface area (Å²) >= 11 is 0. The Labute approximate surface area is 109 Å². The summed E-state index contributed by atoms with van der Waals surface area (Å²) in [5.74, 6) is -1.93. The fraction of sp³-hybridized carbons (Fsp3) is 0.455. The zero-order valence-electron chi connectivity index (χ0n) is 10.0. The zero-order valence-corrected chi connectivity index (χ0v) is 10.0. The molecule has 0 unspecified atom stereocenters. The van der Waals surface area contributed by atoms with E-state index in [2.05, 4.69) is 4.74 Å². The molecule has 2 N–H and O–H groups in total. The lowest BCUT2D eigenvalue weighted by Crippen LogP contribution is -2.46. The highest BCUT2D eigenvalue weighted by molar-refractivity contribution is 5.37. The Bertz CT molecular complexity index is 453. The van der Waals surface area contributed by atoms with Crippen molar-refractivity contribution in [2.75, 3.05) is 0 Å². The smallest absolute Gasteiger partial charge is 0.434 e. The molecule has 0 bridgehead atoms. The van der Waals surface area contributed by atoms with Gasteiger partial charge in [0.1, 0.15) is 11.6 Å². The van der Waals surface area contributed by atoms with E-state index in [4.69, 9.17) is 5.73 Å². The van der Waals surface area contributed by atoms with Crippen molar-refractivity contribution in [3.05, 3.63) is 29.6 Å². The minimum Gasteiger partial charge on any atom is -0.471 e. The maximum Gasteiger partial charge on any atom is 0.434 e. The van der Waals surface area contributed by atoms with Crippen LogP contribution in [0.25, 0.3) is 0 Å². The number of halogens is 7. The van der Waals surface area contributed by atoms with Gasteiger partial charge in [0.15, 0.2) is 0 Å². The van der Waals surface area contributed by atoms with Gasteiger partial charge in [-0.3, -0.25) is 0 Å². The Morgan fingerprint density at radius 3 is 1.95 bits per heavy atom. The highest BCUT2D eigenvalue weighted by atomic mass is 19.4. The lowest BCUT2D eigenvalue weighted by Gasteiger charge is -2.25. The lowest BCUT2D eigenvalue weighted by molar-refractivity contribution is -0.300. The normalized spacial score (nSPS) is 14.5. The summed E-state index contributed by atoms with van der Waals surface area (Å²) in [6, 6.07) is 1.46. The van der Waals surface area contributed by atoms with E-state index in [0.717, 1.165) is 18.2 Å². The molecule has 0 heterocycles. The molecule has 0 spiro atoms. The largest absolute Gasteiger partial charge is 0.471 e. The molecule has 114 valence electrons. The first-order valence-corrected chi connectivity index (χ1v) is 5.28. The molecule has 20 heavy (non-hydrogen) atoms. The molecule has 0 radical (unpaired) electrons. The third-order valence-electron chi connectivity index (χ3n) is 2.31. The Morgan fingerprint density at radius 2 is 1.55 bits per heavy atom. The van der Waals surface area contributed by atoms with E-state index in [9.17, 15) is 30.7 Å². The molecule has 2 nitrogen and oxygen atoms in total. The first kappa shape index (κ1) is 16.5. The van der Waals surface area contributed by atoms with Crippen LogP contribution in [-0.4, -0.2) is 18.5 Å². The lowest BCUT2D eigenvalue weighted by atomic mass is 10.1. The van der Waals surface area contributed by atoms with Crippen LogP contribution in [0.2, 0.25) is 0 Å². The van der Waals surface area contributed by atoms with Crippen molar-refractivity contribution in [3.63, 3.8) is 0 Å². The van der Waals surface area contributed by atoms with E-state index in [0.29, 0.717) is 0 Å². The van der Waals surface area contributed by atoms with E-state index in [1.807, 2.05) is 0 Å². The van der Waals surface area contributed by atoms with Crippen molar-refractivity contribution in [2.45, 2.75) is 31.4 Å². The van der Waals surface area contributed by atoms with E-state index in [1.165, 1.54) is 6.92 Å². The summed E-state index contributed by atoms with van der Waals surface area (Å²) in [6.45, 7) is 1.21. The molecule has 1 aromatic carbocycles. The van der Waals surface area contributed by atoms with Crippen LogP contribution >= 0.6 is 0 Å². The minimum atomic E-state index is -5.68. The average Bonchev–Trinajstić information content (AvgIpc) is 2.22. The van der Waals surface area contributed by atoms with Gasteiger partial charge in [-0.2, -0.15) is 26.3 Å². The fourth-order valence-corrected chi connectivity index (χ4v) is 1.51. The second kappa shape index (κ2) is 5.47. The summed E-state index contributed by atoms with van der Waals surface area (Å²) in [4.78, 5) is 0. The Hall–Kier alpha value is -1.51. The van der Waals surface area contributed by atoms with Crippen LogP contribution in [-0.2, 0) is 0 Å². The number of nitrogens with two attached hydrogens (primary N) is 1. The van der Waals surface area contributed by atoms with Gasteiger partial charge in [-0.1, -0.05) is 6.07 Å². The Morgan fingerprint density at radius 1 is 1.05 bits per heavy atom. The van der Waals surface area contributed by atoms with Gasteiger partial charge >= 0.3 is 12.4 Å². The molecule has 0 saturated carbocycles. The van der Waals surface area contributed by atoms with Crippen LogP contribution in [0.15, 0.2) is 18.2 Å². The standard InChI is InChI=1S/C11H10F7NO/c1-5(19)8-6(12)3-2-4-7(8)20-9(10(13,14)15)11(16,17)18/h2-5,9H,19H2,1H3/t5-/m1/s1. The fourth-order valence-electron chi connectivity index (χ4n) is 1.51. The molecule has 0 amide bonds. The van der Waals surface area contributed by atoms with E-state index < -0.39 is 41.6 Å². The van der Waals surface area contributed by atoms with Crippen molar-refractivity contribution in [2.24, 2.45) is 5.73 Å². The van der Waals surface area contributed by atoms with E-state index >= 15 is 0 Å². The molecule has 1 atom stereocenters. The summed E-state index contributed by atoms with van der Waals surface area (Å²) in [5.41, 5.74) is 4.78. The first-order chi connectivity index (χ1) is 8.94.